The normalized spacial score (nSPS) is 18.7. The Kier molecular flexibility index (Phi) is 4.42. The van der Waals surface area contributed by atoms with Crippen LogP contribution in [0.1, 0.15) is 38.5 Å². The maximum atomic E-state index is 12.1. The standard InChI is InChI=1S/C15H20N4O2S/c1-10(2)16-15(20)19-7-3-5-11(9-19)13-17-18-14(21-13)12-6-4-8-22-12/h4,6,8,10-11H,3,5,7,9H2,1-2H3,(H,16,20). The highest BCUT2D eigenvalue weighted by Crippen LogP contribution is 2.29. The van der Waals surface area contributed by atoms with Gasteiger partial charge in [0.2, 0.25) is 5.89 Å². The molecule has 2 aromatic heterocycles. The van der Waals surface area contributed by atoms with Crippen molar-refractivity contribution in [1.82, 2.24) is 20.4 Å². The van der Waals surface area contributed by atoms with Gasteiger partial charge in [0, 0.05) is 19.1 Å². The number of carbonyl (C=O) groups excluding carboxylic acids is 1. The smallest absolute Gasteiger partial charge is 0.317 e. The number of urea groups is 1. The fourth-order valence-corrected chi connectivity index (χ4v) is 3.24. The predicted octanol–water partition coefficient (Wildman–Crippen LogP) is 3.10. The largest absolute Gasteiger partial charge is 0.420 e. The zero-order chi connectivity index (χ0) is 15.5. The van der Waals surface area contributed by atoms with Crippen LogP contribution in [0.25, 0.3) is 10.8 Å². The van der Waals surface area contributed by atoms with E-state index in [1.54, 1.807) is 11.3 Å². The maximum absolute atomic E-state index is 12.1. The van der Waals surface area contributed by atoms with Gasteiger partial charge in [0.15, 0.2) is 0 Å². The number of aromatic nitrogens is 2. The topological polar surface area (TPSA) is 71.3 Å². The molecule has 0 aromatic carbocycles. The lowest BCUT2D eigenvalue weighted by atomic mass is 9.98. The van der Waals surface area contributed by atoms with Crippen LogP contribution in [-0.4, -0.2) is 40.3 Å². The van der Waals surface area contributed by atoms with Gasteiger partial charge in [-0.25, -0.2) is 4.79 Å². The van der Waals surface area contributed by atoms with Crippen LogP contribution >= 0.6 is 11.3 Å². The summed E-state index contributed by atoms with van der Waals surface area (Å²) in [4.78, 5) is 14.9. The number of carbonyl (C=O) groups is 1. The first-order valence-corrected chi connectivity index (χ1v) is 8.44. The third-order valence-electron chi connectivity index (χ3n) is 3.64. The Balaban J connectivity index is 1.68. The molecule has 6 nitrogen and oxygen atoms in total. The second-order valence-electron chi connectivity index (χ2n) is 5.81. The average molecular weight is 320 g/mol. The molecule has 0 saturated carbocycles. The van der Waals surface area contributed by atoms with Crippen LogP contribution in [0.15, 0.2) is 21.9 Å². The van der Waals surface area contributed by atoms with Crippen molar-refractivity contribution in [3.05, 3.63) is 23.4 Å². The molecule has 1 aliphatic heterocycles. The summed E-state index contributed by atoms with van der Waals surface area (Å²) in [6.45, 7) is 5.33. The molecule has 1 atom stereocenters. The second-order valence-corrected chi connectivity index (χ2v) is 6.76. The fraction of sp³-hybridized carbons (Fsp3) is 0.533. The van der Waals surface area contributed by atoms with E-state index in [9.17, 15) is 4.79 Å². The number of thiophene rings is 1. The first kappa shape index (κ1) is 15.0. The number of hydrogen-bond donors (Lipinski definition) is 1. The minimum atomic E-state index is -0.0160. The van der Waals surface area contributed by atoms with Gasteiger partial charge in [0.1, 0.15) is 0 Å². The van der Waals surface area contributed by atoms with E-state index in [0.29, 0.717) is 18.3 Å². The summed E-state index contributed by atoms with van der Waals surface area (Å²) < 4.78 is 5.81. The van der Waals surface area contributed by atoms with Crippen molar-refractivity contribution in [2.24, 2.45) is 0 Å². The van der Waals surface area contributed by atoms with E-state index in [-0.39, 0.29) is 18.0 Å². The van der Waals surface area contributed by atoms with Crippen molar-refractivity contribution >= 4 is 17.4 Å². The number of hydrogen-bond acceptors (Lipinski definition) is 5. The zero-order valence-corrected chi connectivity index (χ0v) is 13.6. The third kappa shape index (κ3) is 3.30. The van der Waals surface area contributed by atoms with Crippen molar-refractivity contribution in [2.45, 2.75) is 38.6 Å². The van der Waals surface area contributed by atoms with Gasteiger partial charge in [-0.05, 0) is 38.1 Å². The molecular formula is C15H20N4O2S. The van der Waals surface area contributed by atoms with E-state index in [1.807, 2.05) is 36.3 Å². The molecule has 1 fully saturated rings. The molecular weight excluding hydrogens is 300 g/mol. The highest BCUT2D eigenvalue weighted by atomic mass is 32.1. The van der Waals surface area contributed by atoms with E-state index >= 15 is 0 Å². The molecule has 22 heavy (non-hydrogen) atoms. The lowest BCUT2D eigenvalue weighted by Crippen LogP contribution is -2.47. The van der Waals surface area contributed by atoms with Crippen LogP contribution in [0.3, 0.4) is 0 Å². The summed E-state index contributed by atoms with van der Waals surface area (Å²) in [6.07, 6.45) is 1.92. The minimum absolute atomic E-state index is 0.0160. The first-order valence-electron chi connectivity index (χ1n) is 7.56. The summed E-state index contributed by atoms with van der Waals surface area (Å²) in [5, 5.41) is 13.2. The van der Waals surface area contributed by atoms with Gasteiger partial charge in [-0.1, -0.05) is 6.07 Å². The van der Waals surface area contributed by atoms with Gasteiger partial charge in [-0.2, -0.15) is 0 Å². The highest BCUT2D eigenvalue weighted by Gasteiger charge is 2.28. The van der Waals surface area contributed by atoms with E-state index in [1.165, 1.54) is 0 Å². The van der Waals surface area contributed by atoms with Gasteiger partial charge < -0.3 is 14.6 Å². The molecule has 2 amide bonds. The van der Waals surface area contributed by atoms with E-state index in [0.717, 1.165) is 24.3 Å². The van der Waals surface area contributed by atoms with Gasteiger partial charge >= 0.3 is 6.03 Å². The van der Waals surface area contributed by atoms with E-state index < -0.39 is 0 Å². The maximum Gasteiger partial charge on any atom is 0.317 e. The summed E-state index contributed by atoms with van der Waals surface area (Å²) in [6, 6.07) is 4.05. The average Bonchev–Trinajstić information content (AvgIpc) is 3.18. The Morgan fingerprint density at radius 1 is 1.50 bits per heavy atom. The zero-order valence-electron chi connectivity index (χ0n) is 12.8. The second kappa shape index (κ2) is 6.48. The van der Waals surface area contributed by atoms with E-state index in [4.69, 9.17) is 4.42 Å². The number of likely N-dealkylation sites (tertiary alicyclic amines) is 1. The minimum Gasteiger partial charge on any atom is -0.420 e. The Labute approximate surface area is 133 Å². The number of amides is 2. The van der Waals surface area contributed by atoms with Crippen molar-refractivity contribution in [3.63, 3.8) is 0 Å². The quantitative estimate of drug-likeness (QED) is 0.943. The number of piperidine rings is 1. The molecule has 1 unspecified atom stereocenters. The molecule has 2 aromatic rings. The summed E-state index contributed by atoms with van der Waals surface area (Å²) in [5.74, 6) is 1.31. The molecule has 0 radical (unpaired) electrons. The molecule has 1 saturated heterocycles. The Morgan fingerprint density at radius 2 is 2.36 bits per heavy atom. The molecule has 0 aliphatic carbocycles. The van der Waals surface area contributed by atoms with Crippen molar-refractivity contribution < 1.29 is 9.21 Å². The molecule has 7 heteroatoms. The van der Waals surface area contributed by atoms with Crippen molar-refractivity contribution in [3.8, 4) is 10.8 Å². The summed E-state index contributed by atoms with van der Waals surface area (Å²) >= 11 is 1.58. The van der Waals surface area contributed by atoms with Crippen LogP contribution < -0.4 is 5.32 Å². The SMILES string of the molecule is CC(C)NC(=O)N1CCCC(c2nnc(-c3cccs3)o2)C1. The Morgan fingerprint density at radius 3 is 3.09 bits per heavy atom. The van der Waals surface area contributed by atoms with Crippen LogP contribution in [0.2, 0.25) is 0 Å². The van der Waals surface area contributed by atoms with Crippen LogP contribution in [0, 0.1) is 0 Å². The molecule has 0 bridgehead atoms. The predicted molar refractivity (Wildman–Crippen MR) is 84.8 cm³/mol. The first-order chi connectivity index (χ1) is 10.6. The third-order valence-corrected chi connectivity index (χ3v) is 4.50. The van der Waals surface area contributed by atoms with Crippen molar-refractivity contribution in [2.75, 3.05) is 13.1 Å². The van der Waals surface area contributed by atoms with Gasteiger partial charge in [-0.3, -0.25) is 0 Å². The number of nitrogens with zero attached hydrogens (tertiary/aromatic N) is 3. The monoisotopic (exact) mass is 320 g/mol. The molecule has 118 valence electrons. The highest BCUT2D eigenvalue weighted by molar-refractivity contribution is 7.13. The molecule has 1 N–H and O–H groups in total. The Bertz CT molecular complexity index is 623. The van der Waals surface area contributed by atoms with Crippen LogP contribution in [0.4, 0.5) is 4.79 Å². The van der Waals surface area contributed by atoms with Crippen LogP contribution in [0.5, 0.6) is 0 Å². The number of nitrogens with one attached hydrogen (secondary N) is 1. The molecule has 1 aliphatic rings. The van der Waals surface area contributed by atoms with Crippen LogP contribution in [-0.2, 0) is 0 Å². The molecule has 0 spiro atoms. The van der Waals surface area contributed by atoms with Gasteiger partial charge in [0.25, 0.3) is 5.89 Å². The number of rotatable bonds is 3. The molecule has 3 rings (SSSR count). The van der Waals surface area contributed by atoms with Gasteiger partial charge in [0.05, 0.1) is 10.8 Å². The lowest BCUT2D eigenvalue weighted by molar-refractivity contribution is 0.172. The Hall–Kier alpha value is -1.89. The lowest BCUT2D eigenvalue weighted by Gasteiger charge is -2.31. The summed E-state index contributed by atoms with van der Waals surface area (Å²) in [5.41, 5.74) is 0. The summed E-state index contributed by atoms with van der Waals surface area (Å²) in [7, 11) is 0. The van der Waals surface area contributed by atoms with Crippen molar-refractivity contribution in [1.29, 1.82) is 0 Å². The van der Waals surface area contributed by atoms with E-state index in [2.05, 4.69) is 15.5 Å². The van der Waals surface area contributed by atoms with Gasteiger partial charge in [-0.15, -0.1) is 21.5 Å². The fourth-order valence-electron chi connectivity index (χ4n) is 2.60. The molecule has 3 heterocycles.